The Morgan fingerprint density at radius 1 is 0.300 bits per heavy atom. The molecule has 2 unspecified atom stereocenters. The van der Waals surface area contributed by atoms with Crippen LogP contribution < -0.4 is 0 Å². The van der Waals surface area contributed by atoms with Crippen molar-refractivity contribution in [2.45, 2.75) is 381 Å². The molecule has 0 spiro atoms. The van der Waals surface area contributed by atoms with Gasteiger partial charge in [0.25, 0.3) is 0 Å². The summed E-state index contributed by atoms with van der Waals surface area (Å²) in [6, 6.07) is 0. The van der Waals surface area contributed by atoms with E-state index in [2.05, 4.69) is 41.5 Å². The normalized spacial score (nSPS) is 14.1. The van der Waals surface area contributed by atoms with E-state index in [0.29, 0.717) is 25.7 Å². The Kier molecular flexibility index (Phi) is 61.8. The van der Waals surface area contributed by atoms with E-state index in [-0.39, 0.29) is 25.7 Å². The zero-order chi connectivity index (χ0) is 66.5. The molecule has 0 amide bonds. The van der Waals surface area contributed by atoms with Gasteiger partial charge in [0.05, 0.1) is 26.4 Å². The summed E-state index contributed by atoms with van der Waals surface area (Å²) in [7, 11) is -9.89. The van der Waals surface area contributed by atoms with Gasteiger partial charge in [-0.3, -0.25) is 37.3 Å². The molecule has 0 aliphatic carbocycles. The van der Waals surface area contributed by atoms with E-state index in [0.717, 1.165) is 108 Å². The van der Waals surface area contributed by atoms with Gasteiger partial charge in [-0.15, -0.1) is 0 Å². The fourth-order valence-corrected chi connectivity index (χ4v) is 12.3. The van der Waals surface area contributed by atoms with Crippen molar-refractivity contribution in [2.24, 2.45) is 11.8 Å². The molecule has 0 saturated heterocycles. The Hall–Kier alpha value is -1.94. The van der Waals surface area contributed by atoms with Crippen molar-refractivity contribution in [1.82, 2.24) is 0 Å². The minimum Gasteiger partial charge on any atom is -0.462 e. The summed E-state index contributed by atoms with van der Waals surface area (Å²) in [4.78, 5) is 72.3. The number of phosphoric ester groups is 2. The van der Waals surface area contributed by atoms with Crippen LogP contribution in [0.3, 0.4) is 0 Å². The smallest absolute Gasteiger partial charge is 0.462 e. The lowest BCUT2D eigenvalue weighted by molar-refractivity contribution is -0.161. The molecule has 0 bridgehead atoms. The highest BCUT2D eigenvalue weighted by atomic mass is 31.2. The molecule has 0 fully saturated rings. The van der Waals surface area contributed by atoms with Gasteiger partial charge >= 0.3 is 39.5 Å². The highest BCUT2D eigenvalue weighted by molar-refractivity contribution is 7.47. The van der Waals surface area contributed by atoms with E-state index in [1.54, 1.807) is 0 Å². The monoisotopic (exact) mass is 1320 g/mol. The molecule has 19 heteroatoms. The number of carbonyl (C=O) groups is 4. The summed E-state index contributed by atoms with van der Waals surface area (Å²) >= 11 is 0. The average molecular weight is 1330 g/mol. The molecule has 3 N–H and O–H groups in total. The molecule has 0 aromatic carbocycles. The molecule has 0 aromatic rings. The maximum Gasteiger partial charge on any atom is 0.472 e. The molecule has 0 aliphatic heterocycles. The number of rotatable bonds is 70. The second-order valence-corrected chi connectivity index (χ2v) is 29.5. The lowest BCUT2D eigenvalue weighted by atomic mass is 10.0. The molecule has 90 heavy (non-hydrogen) atoms. The fraction of sp³-hybridized carbons (Fsp3) is 0.944. The van der Waals surface area contributed by atoms with Crippen molar-refractivity contribution < 1.29 is 80.2 Å². The van der Waals surface area contributed by atoms with Crippen LogP contribution in [-0.4, -0.2) is 96.7 Å². The SMILES string of the molecule is CCCCCCCCCCCCCCCCCCCCCC(=O)O[C@H](COC(=O)CCCCCCCCCCCCCC(C)C)COP(=O)(O)OC[C@@H](O)COP(=O)(O)OC[C@@H](COC(=O)CCCCCCC)OC(=O)CCCCCCCCCCCC(C)C. The first-order valence-electron chi connectivity index (χ1n) is 37.0. The Morgan fingerprint density at radius 2 is 0.511 bits per heavy atom. The molecular formula is C71H138O17P2. The third-order valence-corrected chi connectivity index (χ3v) is 18.4. The molecule has 17 nitrogen and oxygen atoms in total. The number of unbranched alkanes of at least 4 members (excludes halogenated alkanes) is 40. The van der Waals surface area contributed by atoms with Crippen LogP contribution in [0.25, 0.3) is 0 Å². The summed E-state index contributed by atoms with van der Waals surface area (Å²) < 4.78 is 68.1. The van der Waals surface area contributed by atoms with Gasteiger partial charge in [0.15, 0.2) is 12.2 Å². The van der Waals surface area contributed by atoms with Gasteiger partial charge in [0.1, 0.15) is 19.3 Å². The van der Waals surface area contributed by atoms with E-state index < -0.39 is 97.5 Å². The number of hydrogen-bond acceptors (Lipinski definition) is 15. The van der Waals surface area contributed by atoms with Crippen molar-refractivity contribution in [3.63, 3.8) is 0 Å². The highest BCUT2D eigenvalue weighted by Gasteiger charge is 2.30. The van der Waals surface area contributed by atoms with Gasteiger partial charge in [-0.2, -0.15) is 0 Å². The number of aliphatic hydroxyl groups excluding tert-OH is 1. The number of carbonyl (C=O) groups excluding carboxylic acids is 4. The minimum absolute atomic E-state index is 0.104. The van der Waals surface area contributed by atoms with Crippen molar-refractivity contribution in [3.05, 3.63) is 0 Å². The Labute approximate surface area is 549 Å². The Morgan fingerprint density at radius 3 is 0.756 bits per heavy atom. The zero-order valence-corrected chi connectivity index (χ0v) is 60.2. The van der Waals surface area contributed by atoms with Crippen molar-refractivity contribution >= 4 is 39.5 Å². The van der Waals surface area contributed by atoms with Crippen LogP contribution in [0.1, 0.15) is 363 Å². The molecule has 0 aliphatic rings. The van der Waals surface area contributed by atoms with E-state index in [1.165, 1.54) is 173 Å². The third kappa shape index (κ3) is 64.8. The predicted molar refractivity (Wildman–Crippen MR) is 363 cm³/mol. The Bertz CT molecular complexity index is 1750. The second kappa shape index (κ2) is 63.1. The van der Waals surface area contributed by atoms with Gasteiger partial charge < -0.3 is 33.8 Å². The summed E-state index contributed by atoms with van der Waals surface area (Å²) in [5.41, 5.74) is 0. The van der Waals surface area contributed by atoms with Gasteiger partial charge in [-0.05, 0) is 37.5 Å². The van der Waals surface area contributed by atoms with Gasteiger partial charge in [-0.1, -0.05) is 311 Å². The maximum atomic E-state index is 13.0. The lowest BCUT2D eigenvalue weighted by Gasteiger charge is -2.21. The fourth-order valence-electron chi connectivity index (χ4n) is 10.8. The van der Waals surface area contributed by atoms with Crippen molar-refractivity contribution in [3.8, 4) is 0 Å². The van der Waals surface area contributed by atoms with Crippen LogP contribution in [0, 0.1) is 11.8 Å². The van der Waals surface area contributed by atoms with Crippen LogP contribution >= 0.6 is 15.6 Å². The van der Waals surface area contributed by atoms with Crippen LogP contribution in [0.5, 0.6) is 0 Å². The maximum absolute atomic E-state index is 13.0. The van der Waals surface area contributed by atoms with Gasteiger partial charge in [0, 0.05) is 25.7 Å². The molecule has 0 saturated carbocycles. The highest BCUT2D eigenvalue weighted by Crippen LogP contribution is 2.45. The number of aliphatic hydroxyl groups is 1. The molecule has 0 heterocycles. The second-order valence-electron chi connectivity index (χ2n) is 26.6. The van der Waals surface area contributed by atoms with E-state index >= 15 is 0 Å². The number of ether oxygens (including phenoxy) is 4. The largest absolute Gasteiger partial charge is 0.472 e. The number of esters is 4. The van der Waals surface area contributed by atoms with E-state index in [4.69, 9.17) is 37.0 Å². The van der Waals surface area contributed by atoms with E-state index in [1.807, 2.05) is 0 Å². The van der Waals surface area contributed by atoms with Gasteiger partial charge in [0.2, 0.25) is 0 Å². The van der Waals surface area contributed by atoms with Crippen molar-refractivity contribution in [1.29, 1.82) is 0 Å². The van der Waals surface area contributed by atoms with Gasteiger partial charge in [-0.25, -0.2) is 9.13 Å². The summed E-state index contributed by atoms with van der Waals surface area (Å²) in [5, 5.41) is 10.6. The minimum atomic E-state index is -4.95. The standard InChI is InChI=1S/C71H138O17P2/c1-7-9-11-13-14-15-16-17-18-19-20-21-22-23-26-32-37-43-49-55-70(75)88-67(60-82-69(74)54-48-42-36-31-27-24-25-29-34-40-45-51-63(3)4)62-86-90(79,80)84-58-65(72)57-83-89(77,78)85-61-66(59-81-68(73)53-47-39-12-10-8-2)87-71(76)56-50-44-38-33-28-30-35-41-46-52-64(5)6/h63-67,72H,7-62H2,1-6H3,(H,77,78)(H,79,80)/t65-,66+,67+/m0/s1. The summed E-state index contributed by atoms with van der Waals surface area (Å²) in [5.74, 6) is -0.627. The first-order valence-corrected chi connectivity index (χ1v) is 40.0. The van der Waals surface area contributed by atoms with Crippen LogP contribution in [0.15, 0.2) is 0 Å². The molecule has 0 radical (unpaired) electrons. The molecular weight excluding hydrogens is 1190 g/mol. The van der Waals surface area contributed by atoms with Crippen LogP contribution in [0.4, 0.5) is 0 Å². The van der Waals surface area contributed by atoms with Crippen LogP contribution in [-0.2, 0) is 65.4 Å². The van der Waals surface area contributed by atoms with Crippen LogP contribution in [0.2, 0.25) is 0 Å². The predicted octanol–water partition coefficient (Wildman–Crippen LogP) is 20.4. The Balaban J connectivity index is 5.14. The number of hydrogen-bond donors (Lipinski definition) is 3. The first-order chi connectivity index (χ1) is 43.4. The zero-order valence-electron chi connectivity index (χ0n) is 58.4. The molecule has 534 valence electrons. The third-order valence-electron chi connectivity index (χ3n) is 16.5. The van der Waals surface area contributed by atoms with Crippen molar-refractivity contribution in [2.75, 3.05) is 39.6 Å². The first kappa shape index (κ1) is 88.1. The summed E-state index contributed by atoms with van der Waals surface area (Å²) in [6.07, 6.45) is 49.0. The van der Waals surface area contributed by atoms with E-state index in [9.17, 15) is 43.2 Å². The molecule has 5 atom stereocenters. The average Bonchev–Trinajstić information content (AvgIpc) is 3.69. The topological polar surface area (TPSA) is 237 Å². The molecule has 0 aromatic heterocycles. The summed E-state index contributed by atoms with van der Waals surface area (Å²) in [6.45, 7) is 9.45. The quantitative estimate of drug-likeness (QED) is 0.0222. The molecule has 0 rings (SSSR count). The number of phosphoric acid groups is 2. The lowest BCUT2D eigenvalue weighted by Crippen LogP contribution is -2.30.